The normalized spacial score (nSPS) is 9.55. The van der Waals surface area contributed by atoms with Gasteiger partial charge >= 0.3 is 12.0 Å². The lowest BCUT2D eigenvalue weighted by atomic mass is 10.2. The topological polar surface area (TPSA) is 137 Å². The van der Waals surface area contributed by atoms with E-state index in [1.807, 2.05) is 30.3 Å². The molecule has 31 heavy (non-hydrogen) atoms. The number of nitrogens with one attached hydrogen (secondary N) is 4. The van der Waals surface area contributed by atoms with Gasteiger partial charge in [0.05, 0.1) is 13.0 Å². The number of urea groups is 1. The first-order chi connectivity index (χ1) is 14.9. The monoisotopic (exact) mass is 422 g/mol. The largest absolute Gasteiger partial charge is 0.481 e. The Morgan fingerprint density at radius 1 is 0.935 bits per heavy atom. The summed E-state index contributed by atoms with van der Waals surface area (Å²) in [6.45, 7) is 0.0584. The van der Waals surface area contributed by atoms with Crippen LogP contribution in [0.4, 0.5) is 10.5 Å². The van der Waals surface area contributed by atoms with Crippen LogP contribution in [0.15, 0.2) is 54.6 Å². The van der Waals surface area contributed by atoms with Gasteiger partial charge in [-0.25, -0.2) is 4.79 Å². The van der Waals surface area contributed by atoms with Gasteiger partial charge in [-0.1, -0.05) is 42.3 Å². The average molecular weight is 422 g/mol. The van der Waals surface area contributed by atoms with Crippen molar-refractivity contribution in [3.8, 4) is 12.0 Å². The summed E-state index contributed by atoms with van der Waals surface area (Å²) in [7, 11) is 0. The molecule has 0 fully saturated rings. The Hall–Kier alpha value is -4.32. The first-order valence-electron chi connectivity index (χ1n) is 9.39. The molecule has 0 atom stereocenters. The van der Waals surface area contributed by atoms with Gasteiger partial charge in [0.2, 0.25) is 0 Å². The third kappa shape index (κ3) is 9.15. The highest BCUT2D eigenvalue weighted by Crippen LogP contribution is 2.10. The number of carboxylic acids is 1. The maximum Gasteiger partial charge on any atom is 0.319 e. The van der Waals surface area contributed by atoms with Crippen LogP contribution in [-0.4, -0.2) is 35.5 Å². The van der Waals surface area contributed by atoms with Crippen molar-refractivity contribution in [3.05, 3.63) is 65.7 Å². The van der Waals surface area contributed by atoms with Gasteiger partial charge in [0.25, 0.3) is 11.8 Å². The van der Waals surface area contributed by atoms with E-state index in [0.29, 0.717) is 12.2 Å². The van der Waals surface area contributed by atoms with Gasteiger partial charge in [-0.3, -0.25) is 19.7 Å². The van der Waals surface area contributed by atoms with E-state index in [9.17, 15) is 19.2 Å². The van der Waals surface area contributed by atoms with Crippen LogP contribution in [0.25, 0.3) is 0 Å². The molecule has 0 saturated heterocycles. The Bertz CT molecular complexity index is 996. The zero-order chi connectivity index (χ0) is 22.5. The summed E-state index contributed by atoms with van der Waals surface area (Å²) < 4.78 is 0. The fourth-order valence-electron chi connectivity index (χ4n) is 2.34. The number of carboxylic acid groups (broad SMARTS) is 1. The first-order valence-corrected chi connectivity index (χ1v) is 9.39. The molecule has 2 aromatic rings. The Morgan fingerprint density at radius 3 is 2.45 bits per heavy atom. The van der Waals surface area contributed by atoms with Gasteiger partial charge in [0, 0.05) is 30.3 Å². The molecule has 0 aliphatic rings. The summed E-state index contributed by atoms with van der Waals surface area (Å²) in [4.78, 5) is 46.3. The highest BCUT2D eigenvalue weighted by atomic mass is 16.4. The molecule has 2 rings (SSSR count). The summed E-state index contributed by atoms with van der Waals surface area (Å²) in [6, 6.07) is 17.6. The molecule has 4 amide bonds. The number of rotatable bonds is 8. The molecule has 9 nitrogen and oxygen atoms in total. The van der Waals surface area contributed by atoms with Crippen LogP contribution in [0, 0.1) is 12.0 Å². The van der Waals surface area contributed by atoms with Crippen LogP contribution in [-0.2, 0) is 16.1 Å². The minimum absolute atomic E-state index is 0.112. The van der Waals surface area contributed by atoms with E-state index in [2.05, 4.69) is 33.2 Å². The molecule has 0 heterocycles. The summed E-state index contributed by atoms with van der Waals surface area (Å²) >= 11 is 0. The number of carbonyl (C=O) groups excluding carboxylic acids is 3. The van der Waals surface area contributed by atoms with Crippen molar-refractivity contribution in [1.82, 2.24) is 16.0 Å². The van der Waals surface area contributed by atoms with Crippen molar-refractivity contribution >= 4 is 29.5 Å². The van der Waals surface area contributed by atoms with Gasteiger partial charge in [-0.05, 0) is 23.8 Å². The quantitative estimate of drug-likeness (QED) is 0.326. The number of hydrogen-bond acceptors (Lipinski definition) is 4. The lowest BCUT2D eigenvalue weighted by Gasteiger charge is -2.09. The number of benzene rings is 2. The van der Waals surface area contributed by atoms with E-state index in [1.165, 1.54) is 6.07 Å². The maximum absolute atomic E-state index is 12.2. The Labute approximate surface area is 179 Å². The molecule has 0 spiro atoms. The molecular formula is C22H22N4O5. The molecule has 0 aliphatic carbocycles. The molecule has 9 heteroatoms. The number of hydrogen-bond donors (Lipinski definition) is 5. The highest BCUT2D eigenvalue weighted by molar-refractivity contribution is 5.98. The van der Waals surface area contributed by atoms with Gasteiger partial charge in [-0.2, -0.15) is 0 Å². The molecule has 0 unspecified atom stereocenters. The Balaban J connectivity index is 1.78. The van der Waals surface area contributed by atoms with Crippen molar-refractivity contribution in [2.75, 3.05) is 11.9 Å². The van der Waals surface area contributed by atoms with Crippen molar-refractivity contribution < 1.29 is 24.3 Å². The third-order valence-electron chi connectivity index (χ3n) is 3.84. The zero-order valence-electron chi connectivity index (χ0n) is 16.6. The van der Waals surface area contributed by atoms with Crippen molar-refractivity contribution in [3.63, 3.8) is 0 Å². The van der Waals surface area contributed by atoms with Gasteiger partial charge in [0.15, 0.2) is 0 Å². The highest BCUT2D eigenvalue weighted by Gasteiger charge is 2.09. The fourth-order valence-corrected chi connectivity index (χ4v) is 2.34. The molecule has 0 aromatic heterocycles. The van der Waals surface area contributed by atoms with Crippen molar-refractivity contribution in [2.45, 2.75) is 19.4 Å². The summed E-state index contributed by atoms with van der Waals surface area (Å²) in [5.41, 5.74) is 1.64. The minimum atomic E-state index is -0.974. The van der Waals surface area contributed by atoms with E-state index < -0.39 is 23.8 Å². The lowest BCUT2D eigenvalue weighted by Crippen LogP contribution is -2.35. The molecule has 160 valence electrons. The van der Waals surface area contributed by atoms with E-state index >= 15 is 0 Å². The SMILES string of the molecule is O=C(O)CCC#CNC(=O)CNC(=O)c1cccc(NC(=O)NCc2ccccc2)c1. The second-order valence-corrected chi connectivity index (χ2v) is 6.30. The first kappa shape index (κ1) is 23.0. The number of amides is 4. The lowest BCUT2D eigenvalue weighted by molar-refractivity contribution is -0.136. The Morgan fingerprint density at radius 2 is 1.71 bits per heavy atom. The van der Waals surface area contributed by atoms with Crippen LogP contribution in [0.5, 0.6) is 0 Å². The number of carbonyl (C=O) groups is 4. The standard InChI is InChI=1S/C22H22N4O5/c27-19(23-12-5-4-11-20(28)29)15-24-21(30)17-9-6-10-18(13-17)26-22(31)25-14-16-7-2-1-3-8-16/h1-3,6-10,13H,4,11,14-15H2,(H,23,27)(H,24,30)(H,28,29)(H2,25,26,31). The second-order valence-electron chi connectivity index (χ2n) is 6.30. The summed E-state index contributed by atoms with van der Waals surface area (Å²) in [5, 5.41) is 18.6. The van der Waals surface area contributed by atoms with Gasteiger partial charge in [0.1, 0.15) is 0 Å². The van der Waals surface area contributed by atoms with Crippen LogP contribution in [0.3, 0.4) is 0 Å². The van der Waals surface area contributed by atoms with Crippen LogP contribution in [0.1, 0.15) is 28.8 Å². The van der Waals surface area contributed by atoms with Gasteiger partial charge in [-0.15, -0.1) is 0 Å². The molecule has 0 bridgehead atoms. The second kappa shape index (κ2) is 12.3. The van der Waals surface area contributed by atoms with Gasteiger partial charge < -0.3 is 21.1 Å². The number of anilines is 1. The average Bonchev–Trinajstić information content (AvgIpc) is 2.76. The molecular weight excluding hydrogens is 400 g/mol. The van der Waals surface area contributed by atoms with Crippen LogP contribution >= 0.6 is 0 Å². The van der Waals surface area contributed by atoms with Crippen molar-refractivity contribution in [2.24, 2.45) is 0 Å². The summed E-state index contributed by atoms with van der Waals surface area (Å²) in [6.07, 6.45) is -0.00501. The molecule has 0 radical (unpaired) electrons. The van der Waals surface area contributed by atoms with Crippen LogP contribution in [0.2, 0.25) is 0 Å². The fraction of sp³-hybridized carbons (Fsp3) is 0.182. The molecule has 5 N–H and O–H groups in total. The predicted molar refractivity (Wildman–Crippen MR) is 114 cm³/mol. The smallest absolute Gasteiger partial charge is 0.319 e. The molecule has 2 aromatic carbocycles. The van der Waals surface area contributed by atoms with E-state index in [-0.39, 0.29) is 24.9 Å². The van der Waals surface area contributed by atoms with Crippen molar-refractivity contribution in [1.29, 1.82) is 0 Å². The number of aliphatic carboxylic acids is 1. The van der Waals surface area contributed by atoms with Crippen LogP contribution < -0.4 is 21.3 Å². The Kier molecular flexibility index (Phi) is 9.10. The van der Waals surface area contributed by atoms with E-state index in [0.717, 1.165) is 5.56 Å². The summed E-state index contributed by atoms with van der Waals surface area (Å²) in [5.74, 6) is 0.484. The molecule has 0 aliphatic heterocycles. The molecule has 0 saturated carbocycles. The van der Waals surface area contributed by atoms with E-state index in [1.54, 1.807) is 18.2 Å². The predicted octanol–water partition coefficient (Wildman–Crippen LogP) is 1.68. The maximum atomic E-state index is 12.2. The minimum Gasteiger partial charge on any atom is -0.481 e. The van der Waals surface area contributed by atoms with E-state index in [4.69, 9.17) is 5.11 Å². The third-order valence-corrected chi connectivity index (χ3v) is 3.84. The zero-order valence-corrected chi connectivity index (χ0v) is 16.6.